The van der Waals surface area contributed by atoms with Crippen molar-refractivity contribution in [3.8, 4) is 17.2 Å². The second-order valence-corrected chi connectivity index (χ2v) is 6.93. The average Bonchev–Trinajstić information content (AvgIpc) is 2.77. The molecule has 6 heteroatoms. The van der Waals surface area contributed by atoms with Crippen LogP contribution in [0.25, 0.3) is 0 Å². The molecule has 0 aromatic heterocycles. The van der Waals surface area contributed by atoms with E-state index < -0.39 is 0 Å². The third kappa shape index (κ3) is 4.07. The van der Waals surface area contributed by atoms with Crippen molar-refractivity contribution in [3.63, 3.8) is 0 Å². The summed E-state index contributed by atoms with van der Waals surface area (Å²) in [6.45, 7) is 1.98. The molecule has 6 nitrogen and oxygen atoms in total. The van der Waals surface area contributed by atoms with Gasteiger partial charge in [0.05, 0.1) is 21.3 Å². The maximum Gasteiger partial charge on any atom is 0.254 e. The number of rotatable bonds is 6. The van der Waals surface area contributed by atoms with Crippen LogP contribution in [0, 0.1) is 0 Å². The summed E-state index contributed by atoms with van der Waals surface area (Å²) in [5.74, 6) is 1.89. The third-order valence-electron chi connectivity index (χ3n) is 5.35. The van der Waals surface area contributed by atoms with Crippen molar-refractivity contribution >= 4 is 5.91 Å². The molecule has 0 unspecified atom stereocenters. The highest BCUT2D eigenvalue weighted by Crippen LogP contribution is 2.39. The van der Waals surface area contributed by atoms with E-state index in [9.17, 15) is 4.79 Å². The molecule has 2 aromatic carbocycles. The number of hydrogen-bond acceptors (Lipinski definition) is 5. The minimum atomic E-state index is -0.0200. The van der Waals surface area contributed by atoms with Gasteiger partial charge >= 0.3 is 0 Å². The molecule has 1 aliphatic rings. The maximum atomic E-state index is 13.0. The quantitative estimate of drug-likeness (QED) is 0.828. The molecule has 2 N–H and O–H groups in total. The average molecular weight is 384 g/mol. The first kappa shape index (κ1) is 20.0. The minimum Gasteiger partial charge on any atom is -0.493 e. The van der Waals surface area contributed by atoms with Gasteiger partial charge in [-0.05, 0) is 42.0 Å². The van der Waals surface area contributed by atoms with Crippen molar-refractivity contribution in [3.05, 3.63) is 53.1 Å². The van der Waals surface area contributed by atoms with E-state index in [2.05, 4.69) is 18.2 Å². The molecule has 1 amide bonds. The standard InChI is InChI=1S/C22H28N2O4/c1-26-19-12-18(13-20(27-2)21(19)28-3)22(25)24-9-7-16(8-10-24)17-6-4-5-15(11-17)14-23/h4-6,11-13,16H,7-10,14,23H2,1-3H3. The molecule has 1 heterocycles. The van der Waals surface area contributed by atoms with Gasteiger partial charge in [-0.15, -0.1) is 0 Å². The Morgan fingerprint density at radius 2 is 1.68 bits per heavy atom. The molecule has 0 spiro atoms. The van der Waals surface area contributed by atoms with Crippen molar-refractivity contribution < 1.29 is 19.0 Å². The lowest BCUT2D eigenvalue weighted by atomic mass is 9.88. The molecule has 1 aliphatic heterocycles. The molecule has 3 rings (SSSR count). The van der Waals surface area contributed by atoms with E-state index in [-0.39, 0.29) is 5.91 Å². The first-order chi connectivity index (χ1) is 13.6. The highest BCUT2D eigenvalue weighted by molar-refractivity contribution is 5.95. The summed E-state index contributed by atoms with van der Waals surface area (Å²) in [5.41, 5.74) is 8.75. The van der Waals surface area contributed by atoms with Crippen molar-refractivity contribution in [1.82, 2.24) is 4.90 Å². The van der Waals surface area contributed by atoms with Crippen LogP contribution in [0.1, 0.15) is 40.2 Å². The number of nitrogens with two attached hydrogens (primary N) is 1. The van der Waals surface area contributed by atoms with Gasteiger partial charge in [0.25, 0.3) is 5.91 Å². The number of ether oxygens (including phenoxy) is 3. The fraction of sp³-hybridized carbons (Fsp3) is 0.409. The number of hydrogen-bond donors (Lipinski definition) is 1. The van der Waals surface area contributed by atoms with Gasteiger partial charge in [-0.2, -0.15) is 0 Å². The van der Waals surface area contributed by atoms with E-state index in [1.807, 2.05) is 11.0 Å². The van der Waals surface area contributed by atoms with Gasteiger partial charge in [-0.3, -0.25) is 4.79 Å². The van der Waals surface area contributed by atoms with E-state index in [1.54, 1.807) is 33.5 Å². The molecular formula is C22H28N2O4. The Morgan fingerprint density at radius 1 is 1.04 bits per heavy atom. The van der Waals surface area contributed by atoms with Crippen LogP contribution in [-0.4, -0.2) is 45.2 Å². The van der Waals surface area contributed by atoms with E-state index in [1.165, 1.54) is 5.56 Å². The SMILES string of the molecule is COc1cc(C(=O)N2CCC(c3cccc(CN)c3)CC2)cc(OC)c1OC. The van der Waals surface area contributed by atoms with Crippen LogP contribution in [0.2, 0.25) is 0 Å². The Balaban J connectivity index is 1.73. The first-order valence-corrected chi connectivity index (χ1v) is 9.49. The Bertz CT molecular complexity index is 804. The number of carbonyl (C=O) groups excluding carboxylic acids is 1. The van der Waals surface area contributed by atoms with E-state index >= 15 is 0 Å². The molecule has 0 saturated carbocycles. The fourth-order valence-electron chi connectivity index (χ4n) is 3.78. The van der Waals surface area contributed by atoms with Gasteiger partial charge in [-0.25, -0.2) is 0 Å². The summed E-state index contributed by atoms with van der Waals surface area (Å²) in [6.07, 6.45) is 1.87. The minimum absolute atomic E-state index is 0.0200. The molecule has 0 bridgehead atoms. The summed E-state index contributed by atoms with van der Waals surface area (Å²) < 4.78 is 16.1. The summed E-state index contributed by atoms with van der Waals surface area (Å²) in [4.78, 5) is 14.9. The zero-order valence-corrected chi connectivity index (χ0v) is 16.7. The highest BCUT2D eigenvalue weighted by atomic mass is 16.5. The molecule has 28 heavy (non-hydrogen) atoms. The van der Waals surface area contributed by atoms with Crippen LogP contribution in [0.3, 0.4) is 0 Å². The topological polar surface area (TPSA) is 74.0 Å². The van der Waals surface area contributed by atoms with Crippen molar-refractivity contribution in [1.29, 1.82) is 0 Å². The predicted octanol–water partition coefficient (Wildman–Crippen LogP) is 3.19. The number of benzene rings is 2. The van der Waals surface area contributed by atoms with E-state index in [4.69, 9.17) is 19.9 Å². The lowest BCUT2D eigenvalue weighted by Gasteiger charge is -2.32. The molecule has 2 aromatic rings. The first-order valence-electron chi connectivity index (χ1n) is 9.49. The van der Waals surface area contributed by atoms with Crippen LogP contribution < -0.4 is 19.9 Å². The van der Waals surface area contributed by atoms with Crippen LogP contribution >= 0.6 is 0 Å². The van der Waals surface area contributed by atoms with Gasteiger partial charge in [0.1, 0.15) is 0 Å². The van der Waals surface area contributed by atoms with Gasteiger partial charge in [0.15, 0.2) is 11.5 Å². The van der Waals surface area contributed by atoms with E-state index in [0.29, 0.717) is 48.4 Å². The number of piperidine rings is 1. The molecule has 0 atom stereocenters. The molecule has 0 aliphatic carbocycles. The summed E-state index contributed by atoms with van der Waals surface area (Å²) >= 11 is 0. The fourth-order valence-corrected chi connectivity index (χ4v) is 3.78. The Hall–Kier alpha value is -2.73. The maximum absolute atomic E-state index is 13.0. The van der Waals surface area contributed by atoms with Crippen LogP contribution in [0.5, 0.6) is 17.2 Å². The van der Waals surface area contributed by atoms with Crippen LogP contribution in [0.15, 0.2) is 36.4 Å². The number of likely N-dealkylation sites (tertiary alicyclic amines) is 1. The smallest absolute Gasteiger partial charge is 0.254 e. The second kappa shape index (κ2) is 8.97. The normalized spacial score (nSPS) is 14.6. The van der Waals surface area contributed by atoms with E-state index in [0.717, 1.165) is 18.4 Å². The zero-order valence-electron chi connectivity index (χ0n) is 16.7. The number of methoxy groups -OCH3 is 3. The summed E-state index contributed by atoms with van der Waals surface area (Å²) in [5, 5.41) is 0. The lowest BCUT2D eigenvalue weighted by Crippen LogP contribution is -2.38. The monoisotopic (exact) mass is 384 g/mol. The zero-order chi connectivity index (χ0) is 20.1. The predicted molar refractivity (Wildman–Crippen MR) is 108 cm³/mol. The third-order valence-corrected chi connectivity index (χ3v) is 5.35. The highest BCUT2D eigenvalue weighted by Gasteiger charge is 2.26. The van der Waals surface area contributed by atoms with Crippen molar-refractivity contribution in [2.45, 2.75) is 25.3 Å². The van der Waals surface area contributed by atoms with Crippen LogP contribution in [0.4, 0.5) is 0 Å². The van der Waals surface area contributed by atoms with Crippen molar-refractivity contribution in [2.24, 2.45) is 5.73 Å². The van der Waals surface area contributed by atoms with Gasteiger partial charge < -0.3 is 24.8 Å². The van der Waals surface area contributed by atoms with Gasteiger partial charge in [0, 0.05) is 25.2 Å². The lowest BCUT2D eigenvalue weighted by molar-refractivity contribution is 0.0712. The Kier molecular flexibility index (Phi) is 6.41. The largest absolute Gasteiger partial charge is 0.493 e. The number of amides is 1. The van der Waals surface area contributed by atoms with Crippen LogP contribution in [-0.2, 0) is 6.54 Å². The Morgan fingerprint density at radius 3 is 2.21 bits per heavy atom. The second-order valence-electron chi connectivity index (χ2n) is 6.93. The molecule has 1 saturated heterocycles. The molecule has 150 valence electrons. The summed E-state index contributed by atoms with van der Waals surface area (Å²) in [7, 11) is 4.64. The molecule has 0 radical (unpaired) electrons. The molecule has 1 fully saturated rings. The van der Waals surface area contributed by atoms with Crippen molar-refractivity contribution in [2.75, 3.05) is 34.4 Å². The van der Waals surface area contributed by atoms with Gasteiger partial charge in [0.2, 0.25) is 5.75 Å². The molecular weight excluding hydrogens is 356 g/mol. The summed E-state index contributed by atoms with van der Waals surface area (Å²) in [6, 6.07) is 11.9. The Labute approximate surface area is 166 Å². The van der Waals surface area contributed by atoms with Gasteiger partial charge in [-0.1, -0.05) is 24.3 Å². The number of nitrogens with zero attached hydrogens (tertiary/aromatic N) is 1. The number of carbonyl (C=O) groups is 1.